The Balaban J connectivity index is 0.00000146. The zero-order valence-corrected chi connectivity index (χ0v) is 15.2. The van der Waals surface area contributed by atoms with Gasteiger partial charge in [-0.1, -0.05) is 18.2 Å². The van der Waals surface area contributed by atoms with Crippen LogP contribution in [0.1, 0.15) is 6.42 Å². The molecule has 0 unspecified atom stereocenters. The van der Waals surface area contributed by atoms with Crippen molar-refractivity contribution in [2.24, 2.45) is 17.2 Å². The topological polar surface area (TPSA) is 171 Å². The molecule has 1 aromatic heterocycles. The number of amides is 3. The van der Waals surface area contributed by atoms with Gasteiger partial charge in [-0.05, 0) is 20.2 Å². The number of carbonyl (C=O) groups excluding carboxylic acids is 3. The van der Waals surface area contributed by atoms with Crippen LogP contribution in [-0.4, -0.2) is 54.7 Å². The Labute approximate surface area is 152 Å². The fourth-order valence-electron chi connectivity index (χ4n) is 2.11. The molecule has 0 aliphatic heterocycles. The second kappa shape index (κ2) is 12.4. The summed E-state index contributed by atoms with van der Waals surface area (Å²) >= 11 is 0. The number of nitrogens with two attached hydrogens (primary N) is 3. The Kier molecular flexibility index (Phi) is 11.0. The SMILES string of the molecule is CN.CN.CNC(=O)[C@H](CC(N)=O)NC(=O)Cn1ncc2ccccc21. The van der Waals surface area contributed by atoms with E-state index in [1.54, 1.807) is 6.20 Å². The van der Waals surface area contributed by atoms with Crippen molar-refractivity contribution in [3.63, 3.8) is 0 Å². The molecule has 0 saturated carbocycles. The van der Waals surface area contributed by atoms with Gasteiger partial charge in [-0.2, -0.15) is 5.10 Å². The minimum Gasteiger partial charge on any atom is -0.370 e. The minimum atomic E-state index is -0.989. The standard InChI is InChI=1S/C14H17N5O3.2CH5N/c1-16-14(22)10(6-12(15)20)18-13(21)8-19-11-5-3-2-4-9(11)7-17-19;2*1-2/h2-5,7,10H,6,8H2,1H3,(H2,15,20)(H,16,22)(H,18,21);2*2H2,1H3/t10-;;/m0../s1. The molecule has 1 heterocycles. The quantitative estimate of drug-likeness (QED) is 0.408. The normalized spacial score (nSPS) is 10.5. The van der Waals surface area contributed by atoms with Crippen LogP contribution < -0.4 is 27.8 Å². The number of hydrogen-bond donors (Lipinski definition) is 5. The summed E-state index contributed by atoms with van der Waals surface area (Å²) in [5.74, 6) is -1.57. The third-order valence-corrected chi connectivity index (χ3v) is 3.15. The molecule has 144 valence electrons. The number of hydrogen-bond acceptors (Lipinski definition) is 6. The van der Waals surface area contributed by atoms with Gasteiger partial charge in [-0.15, -0.1) is 0 Å². The summed E-state index contributed by atoms with van der Waals surface area (Å²) in [7, 11) is 4.42. The van der Waals surface area contributed by atoms with Crippen molar-refractivity contribution in [1.82, 2.24) is 20.4 Å². The van der Waals surface area contributed by atoms with Crippen LogP contribution in [0.25, 0.3) is 10.9 Å². The van der Waals surface area contributed by atoms with Crippen molar-refractivity contribution >= 4 is 28.6 Å². The van der Waals surface area contributed by atoms with Gasteiger partial charge in [-0.25, -0.2) is 0 Å². The van der Waals surface area contributed by atoms with E-state index in [1.807, 2.05) is 24.3 Å². The number of primary amides is 1. The fourth-order valence-corrected chi connectivity index (χ4v) is 2.11. The lowest BCUT2D eigenvalue weighted by Gasteiger charge is -2.15. The van der Waals surface area contributed by atoms with E-state index in [9.17, 15) is 14.4 Å². The molecule has 26 heavy (non-hydrogen) atoms. The van der Waals surface area contributed by atoms with E-state index >= 15 is 0 Å². The van der Waals surface area contributed by atoms with Crippen molar-refractivity contribution < 1.29 is 14.4 Å². The molecule has 0 aliphatic rings. The number of benzene rings is 1. The lowest BCUT2D eigenvalue weighted by Crippen LogP contribution is -2.48. The number of rotatable bonds is 6. The van der Waals surface area contributed by atoms with Crippen molar-refractivity contribution in [3.8, 4) is 0 Å². The predicted molar refractivity (Wildman–Crippen MR) is 99.8 cm³/mol. The van der Waals surface area contributed by atoms with Crippen LogP contribution in [-0.2, 0) is 20.9 Å². The van der Waals surface area contributed by atoms with E-state index in [-0.39, 0.29) is 13.0 Å². The first kappa shape index (κ1) is 23.0. The number of likely N-dealkylation sites (N-methyl/N-ethyl adjacent to an activating group) is 1. The summed E-state index contributed by atoms with van der Waals surface area (Å²) in [4.78, 5) is 34.7. The van der Waals surface area contributed by atoms with Crippen LogP contribution in [0.4, 0.5) is 0 Å². The van der Waals surface area contributed by atoms with Gasteiger partial charge >= 0.3 is 0 Å². The van der Waals surface area contributed by atoms with E-state index in [4.69, 9.17) is 5.73 Å². The summed E-state index contributed by atoms with van der Waals surface area (Å²) in [5.41, 5.74) is 14.9. The molecule has 0 aliphatic carbocycles. The summed E-state index contributed by atoms with van der Waals surface area (Å²) in [6.07, 6.45) is 1.40. The third kappa shape index (κ3) is 6.87. The summed E-state index contributed by atoms with van der Waals surface area (Å²) in [6.45, 7) is -0.0558. The van der Waals surface area contributed by atoms with Crippen molar-refractivity contribution in [1.29, 1.82) is 0 Å². The van der Waals surface area contributed by atoms with E-state index in [1.165, 1.54) is 25.8 Å². The Morgan fingerprint density at radius 3 is 2.35 bits per heavy atom. The molecule has 1 aromatic carbocycles. The Bertz CT molecular complexity index is 715. The number of aromatic nitrogens is 2. The minimum absolute atomic E-state index is 0.0558. The zero-order valence-electron chi connectivity index (χ0n) is 15.2. The molecule has 0 saturated heterocycles. The van der Waals surface area contributed by atoms with Gasteiger partial charge in [0.2, 0.25) is 17.7 Å². The molecule has 10 heteroatoms. The maximum Gasteiger partial charge on any atom is 0.242 e. The van der Waals surface area contributed by atoms with Crippen LogP contribution in [0.3, 0.4) is 0 Å². The molecular weight excluding hydrogens is 338 g/mol. The highest BCUT2D eigenvalue weighted by Gasteiger charge is 2.22. The Morgan fingerprint density at radius 2 is 1.77 bits per heavy atom. The van der Waals surface area contributed by atoms with Crippen molar-refractivity contribution in [2.75, 3.05) is 21.1 Å². The number of carbonyl (C=O) groups is 3. The highest BCUT2D eigenvalue weighted by Crippen LogP contribution is 2.12. The predicted octanol–water partition coefficient (Wildman–Crippen LogP) is -1.71. The zero-order chi connectivity index (χ0) is 20.1. The van der Waals surface area contributed by atoms with E-state index in [0.29, 0.717) is 0 Å². The third-order valence-electron chi connectivity index (χ3n) is 3.15. The average molecular weight is 365 g/mol. The lowest BCUT2D eigenvalue weighted by atomic mass is 10.2. The highest BCUT2D eigenvalue weighted by molar-refractivity contribution is 5.91. The van der Waals surface area contributed by atoms with E-state index < -0.39 is 23.8 Å². The smallest absolute Gasteiger partial charge is 0.242 e. The van der Waals surface area contributed by atoms with Gasteiger partial charge in [-0.3, -0.25) is 19.1 Å². The molecule has 3 amide bonds. The molecule has 0 bridgehead atoms. The molecule has 0 radical (unpaired) electrons. The molecule has 2 aromatic rings. The maximum atomic E-state index is 12.1. The number of nitrogens with zero attached hydrogens (tertiary/aromatic N) is 2. The van der Waals surface area contributed by atoms with E-state index in [0.717, 1.165) is 10.9 Å². The van der Waals surface area contributed by atoms with Crippen LogP contribution in [0.5, 0.6) is 0 Å². The van der Waals surface area contributed by atoms with Gasteiger partial charge < -0.3 is 27.8 Å². The van der Waals surface area contributed by atoms with Crippen molar-refractivity contribution in [3.05, 3.63) is 30.5 Å². The first-order chi connectivity index (χ1) is 12.5. The van der Waals surface area contributed by atoms with Crippen molar-refractivity contribution in [2.45, 2.75) is 19.0 Å². The molecule has 10 nitrogen and oxygen atoms in total. The highest BCUT2D eigenvalue weighted by atomic mass is 16.2. The van der Waals surface area contributed by atoms with Crippen LogP contribution in [0.15, 0.2) is 30.5 Å². The van der Waals surface area contributed by atoms with E-state index in [2.05, 4.69) is 27.2 Å². The Hall–Kier alpha value is -2.98. The second-order valence-electron chi connectivity index (χ2n) is 4.77. The molecule has 0 spiro atoms. The van der Waals surface area contributed by atoms with Gasteiger partial charge in [0.25, 0.3) is 0 Å². The molecular formula is C16H27N7O3. The molecule has 1 atom stereocenters. The average Bonchev–Trinajstić information content (AvgIpc) is 3.06. The van der Waals surface area contributed by atoms with Crippen LogP contribution in [0, 0.1) is 0 Å². The second-order valence-corrected chi connectivity index (χ2v) is 4.77. The number of para-hydroxylation sites is 1. The Morgan fingerprint density at radius 1 is 1.15 bits per heavy atom. The number of fused-ring (bicyclic) bond motifs is 1. The van der Waals surface area contributed by atoms with Gasteiger partial charge in [0.05, 0.1) is 18.1 Å². The first-order valence-corrected chi connectivity index (χ1v) is 7.86. The molecule has 2 rings (SSSR count). The van der Waals surface area contributed by atoms with Gasteiger partial charge in [0.15, 0.2) is 0 Å². The van der Waals surface area contributed by atoms with Crippen LogP contribution >= 0.6 is 0 Å². The monoisotopic (exact) mass is 365 g/mol. The van der Waals surface area contributed by atoms with Crippen LogP contribution in [0.2, 0.25) is 0 Å². The largest absolute Gasteiger partial charge is 0.370 e. The summed E-state index contributed by atoms with van der Waals surface area (Å²) < 4.78 is 1.52. The lowest BCUT2D eigenvalue weighted by molar-refractivity contribution is -0.131. The van der Waals surface area contributed by atoms with Gasteiger partial charge in [0.1, 0.15) is 12.6 Å². The first-order valence-electron chi connectivity index (χ1n) is 7.86. The molecule has 0 fully saturated rings. The summed E-state index contributed by atoms with van der Waals surface area (Å²) in [5, 5.41) is 9.91. The fraction of sp³-hybridized carbons (Fsp3) is 0.375. The van der Waals surface area contributed by atoms with Gasteiger partial charge in [0, 0.05) is 12.4 Å². The summed E-state index contributed by atoms with van der Waals surface area (Å²) in [6, 6.07) is 6.46. The molecule has 8 N–H and O–H groups in total. The number of nitrogens with one attached hydrogen (secondary N) is 2. The maximum absolute atomic E-state index is 12.1.